The van der Waals surface area contributed by atoms with Crippen molar-refractivity contribution in [1.29, 1.82) is 0 Å². The Labute approximate surface area is 162 Å². The molecule has 3 rings (SSSR count). The predicted octanol–water partition coefficient (Wildman–Crippen LogP) is 2.34. The second-order valence-electron chi connectivity index (χ2n) is 6.53. The topological polar surface area (TPSA) is 96.7 Å². The van der Waals surface area contributed by atoms with Crippen LogP contribution in [-0.4, -0.2) is 55.7 Å². The minimum atomic E-state index is -3.68. The molecule has 0 atom stereocenters. The molecule has 146 valence electrons. The van der Waals surface area contributed by atoms with Gasteiger partial charge in [0.25, 0.3) is 5.69 Å². The van der Waals surface area contributed by atoms with Gasteiger partial charge in [-0.3, -0.25) is 15.0 Å². The van der Waals surface area contributed by atoms with E-state index in [1.165, 1.54) is 12.1 Å². The molecule has 8 nitrogen and oxygen atoms in total. The minimum absolute atomic E-state index is 0.234. The fourth-order valence-electron chi connectivity index (χ4n) is 3.12. The Hall–Kier alpha value is -2.04. The zero-order valence-corrected chi connectivity index (χ0v) is 16.9. The number of piperazine rings is 1. The number of thiazole rings is 1. The van der Waals surface area contributed by atoms with Crippen LogP contribution in [0.15, 0.2) is 28.5 Å². The molecule has 0 amide bonds. The summed E-state index contributed by atoms with van der Waals surface area (Å²) < 4.78 is 23.9. The molecule has 2 aromatic rings. The number of nitrogens with zero attached hydrogens (tertiary/aromatic N) is 4. The summed E-state index contributed by atoms with van der Waals surface area (Å²) in [6, 6.07) is 4.31. The van der Waals surface area contributed by atoms with Crippen LogP contribution in [0.25, 0.3) is 0 Å². The average Bonchev–Trinajstić information content (AvgIpc) is 3.08. The molecule has 0 N–H and O–H groups in total. The Morgan fingerprint density at radius 3 is 2.52 bits per heavy atom. The third-order valence-electron chi connectivity index (χ3n) is 4.56. The molecular formula is C17H22N4O4S2. The maximum absolute atomic E-state index is 11.9. The lowest BCUT2D eigenvalue weighted by atomic mass is 10.2. The van der Waals surface area contributed by atoms with E-state index in [0.717, 1.165) is 56.1 Å². The van der Waals surface area contributed by atoms with E-state index in [1.54, 1.807) is 17.4 Å². The van der Waals surface area contributed by atoms with E-state index in [2.05, 4.69) is 27.1 Å². The van der Waals surface area contributed by atoms with Gasteiger partial charge in [0.2, 0.25) is 0 Å². The quantitative estimate of drug-likeness (QED) is 0.533. The van der Waals surface area contributed by atoms with Crippen molar-refractivity contribution in [2.75, 3.05) is 37.3 Å². The van der Waals surface area contributed by atoms with Gasteiger partial charge in [-0.2, -0.15) is 0 Å². The normalized spacial score (nSPS) is 15.9. The van der Waals surface area contributed by atoms with E-state index in [4.69, 9.17) is 0 Å². The third kappa shape index (κ3) is 4.63. The molecule has 1 aromatic carbocycles. The van der Waals surface area contributed by atoms with E-state index < -0.39 is 14.8 Å². The predicted molar refractivity (Wildman–Crippen MR) is 105 cm³/mol. The number of rotatable bonds is 6. The Bertz CT molecular complexity index is 934. The first kappa shape index (κ1) is 19.7. The summed E-state index contributed by atoms with van der Waals surface area (Å²) in [4.78, 5) is 19.2. The molecule has 0 unspecified atom stereocenters. The molecule has 0 radical (unpaired) electrons. The lowest BCUT2D eigenvalue weighted by molar-refractivity contribution is -0.387. The second kappa shape index (κ2) is 7.91. The summed E-state index contributed by atoms with van der Waals surface area (Å²) in [6.45, 7) is 6.00. The van der Waals surface area contributed by atoms with Crippen LogP contribution >= 0.6 is 11.3 Å². The monoisotopic (exact) mass is 410 g/mol. The Morgan fingerprint density at radius 1 is 1.26 bits per heavy atom. The van der Waals surface area contributed by atoms with Gasteiger partial charge in [0.1, 0.15) is 4.90 Å². The second-order valence-corrected chi connectivity index (χ2v) is 9.46. The lowest BCUT2D eigenvalue weighted by Crippen LogP contribution is -2.46. The first-order chi connectivity index (χ1) is 12.8. The van der Waals surface area contributed by atoms with Gasteiger partial charge in [0.05, 0.1) is 15.6 Å². The molecule has 1 aromatic heterocycles. The number of hydrogen-bond donors (Lipinski definition) is 0. The van der Waals surface area contributed by atoms with E-state index in [-0.39, 0.29) is 10.6 Å². The first-order valence-electron chi connectivity index (χ1n) is 8.67. The van der Waals surface area contributed by atoms with Crippen LogP contribution in [-0.2, 0) is 22.8 Å². The van der Waals surface area contributed by atoms with Crippen LogP contribution in [0.4, 0.5) is 11.4 Å². The highest BCUT2D eigenvalue weighted by Crippen LogP contribution is 2.29. The van der Waals surface area contributed by atoms with Gasteiger partial charge < -0.3 is 4.90 Å². The van der Waals surface area contributed by atoms with Crippen LogP contribution in [0.5, 0.6) is 0 Å². The number of sulfone groups is 1. The number of aryl methyl sites for hydroxylation is 1. The van der Waals surface area contributed by atoms with Gasteiger partial charge in [-0.25, -0.2) is 13.4 Å². The highest BCUT2D eigenvalue weighted by atomic mass is 32.2. The van der Waals surface area contributed by atoms with Gasteiger partial charge in [-0.05, 0) is 18.6 Å². The van der Waals surface area contributed by atoms with Crippen molar-refractivity contribution < 1.29 is 13.3 Å². The van der Waals surface area contributed by atoms with Crippen molar-refractivity contribution in [3.63, 3.8) is 0 Å². The molecule has 1 saturated heterocycles. The summed E-state index contributed by atoms with van der Waals surface area (Å²) in [5, 5.41) is 14.4. The van der Waals surface area contributed by atoms with Crippen LogP contribution in [0.2, 0.25) is 0 Å². The zero-order chi connectivity index (χ0) is 19.6. The van der Waals surface area contributed by atoms with Crippen LogP contribution in [0.3, 0.4) is 0 Å². The minimum Gasteiger partial charge on any atom is -0.369 e. The number of hydrogen-bond acceptors (Lipinski definition) is 8. The van der Waals surface area contributed by atoms with E-state index >= 15 is 0 Å². The molecule has 27 heavy (non-hydrogen) atoms. The van der Waals surface area contributed by atoms with Gasteiger partial charge >= 0.3 is 0 Å². The molecule has 0 aliphatic carbocycles. The van der Waals surface area contributed by atoms with Crippen molar-refractivity contribution in [2.45, 2.75) is 24.8 Å². The zero-order valence-electron chi connectivity index (χ0n) is 15.3. The number of benzene rings is 1. The standard InChI is InChI=1S/C17H22N4O4S2/c1-3-17-18-13(12-26-17)11-19-6-8-20(9-7-19)14-4-5-15(21(22)23)16(10-14)27(2,24)25/h4-5,10,12H,3,6-9,11H2,1-2H3. The molecule has 1 aliphatic rings. The van der Waals surface area contributed by atoms with E-state index in [0.29, 0.717) is 5.69 Å². The molecule has 2 heterocycles. The lowest BCUT2D eigenvalue weighted by Gasteiger charge is -2.35. The van der Waals surface area contributed by atoms with Crippen molar-refractivity contribution in [2.24, 2.45) is 0 Å². The van der Waals surface area contributed by atoms with Crippen molar-refractivity contribution in [3.8, 4) is 0 Å². The third-order valence-corrected chi connectivity index (χ3v) is 6.73. The van der Waals surface area contributed by atoms with Crippen molar-refractivity contribution in [3.05, 3.63) is 44.4 Å². The Morgan fingerprint density at radius 2 is 1.96 bits per heavy atom. The number of nitro groups is 1. The van der Waals surface area contributed by atoms with Crippen LogP contribution in [0.1, 0.15) is 17.6 Å². The number of aromatic nitrogens is 1. The first-order valence-corrected chi connectivity index (χ1v) is 11.4. The molecule has 0 saturated carbocycles. The largest absolute Gasteiger partial charge is 0.369 e. The smallest absolute Gasteiger partial charge is 0.288 e. The molecule has 0 bridgehead atoms. The summed E-state index contributed by atoms with van der Waals surface area (Å²) in [7, 11) is -3.68. The maximum atomic E-state index is 11.9. The molecule has 0 spiro atoms. The fourth-order valence-corrected chi connectivity index (χ4v) is 4.72. The molecule has 1 fully saturated rings. The average molecular weight is 411 g/mol. The molecule has 10 heteroatoms. The number of anilines is 1. The molecule has 1 aliphatic heterocycles. The summed E-state index contributed by atoms with van der Waals surface area (Å²) in [5.74, 6) is 0. The molecular weight excluding hydrogens is 388 g/mol. The highest BCUT2D eigenvalue weighted by molar-refractivity contribution is 7.90. The SMILES string of the molecule is CCc1nc(CN2CCN(c3ccc([N+](=O)[O-])c(S(C)(=O)=O)c3)CC2)cs1. The van der Waals surface area contributed by atoms with Crippen molar-refractivity contribution in [1.82, 2.24) is 9.88 Å². The summed E-state index contributed by atoms with van der Waals surface area (Å²) >= 11 is 1.68. The highest BCUT2D eigenvalue weighted by Gasteiger charge is 2.25. The summed E-state index contributed by atoms with van der Waals surface area (Å²) in [5.41, 5.74) is 1.40. The van der Waals surface area contributed by atoms with Gasteiger partial charge in [-0.15, -0.1) is 11.3 Å². The number of nitro benzene ring substituents is 1. The van der Waals surface area contributed by atoms with Gasteiger partial charge in [0.15, 0.2) is 9.84 Å². The van der Waals surface area contributed by atoms with Gasteiger partial charge in [0, 0.05) is 56.1 Å². The van der Waals surface area contributed by atoms with Crippen molar-refractivity contribution >= 4 is 32.5 Å². The Balaban J connectivity index is 1.69. The van der Waals surface area contributed by atoms with Crippen LogP contribution < -0.4 is 4.90 Å². The van der Waals surface area contributed by atoms with E-state index in [1.807, 2.05) is 0 Å². The summed E-state index contributed by atoms with van der Waals surface area (Å²) in [6.07, 6.45) is 1.94. The van der Waals surface area contributed by atoms with Crippen LogP contribution in [0, 0.1) is 10.1 Å². The van der Waals surface area contributed by atoms with E-state index in [9.17, 15) is 18.5 Å². The maximum Gasteiger partial charge on any atom is 0.288 e. The van der Waals surface area contributed by atoms with Gasteiger partial charge in [-0.1, -0.05) is 6.92 Å². The fraction of sp³-hybridized carbons (Fsp3) is 0.471. The Kier molecular flexibility index (Phi) is 5.78.